The Labute approximate surface area is 92.6 Å². The molecular weight excluding hydrogens is 208 g/mol. The maximum atomic E-state index is 10.1. The van der Waals surface area contributed by atoms with E-state index in [-0.39, 0.29) is 0 Å². The Morgan fingerprint density at radius 3 is 2.38 bits per heavy atom. The van der Waals surface area contributed by atoms with Crippen LogP contribution in [0, 0.1) is 5.53 Å². The first kappa shape index (κ1) is 13.5. The highest BCUT2D eigenvalue weighted by Gasteiger charge is 1.85. The molecule has 1 aromatic carbocycles. The zero-order valence-corrected chi connectivity index (χ0v) is 8.45. The number of hydrogen-bond donors (Lipinski definition) is 3. The number of hydrogen-bond acceptors (Lipinski definition) is 4. The van der Waals surface area contributed by atoms with E-state index in [2.05, 4.69) is 16.1 Å². The van der Waals surface area contributed by atoms with Crippen LogP contribution in [0.3, 0.4) is 0 Å². The van der Waals surface area contributed by atoms with Gasteiger partial charge < -0.3 is 10.9 Å². The van der Waals surface area contributed by atoms with Crippen LogP contribution < -0.4 is 5.84 Å². The predicted molar refractivity (Wildman–Crippen MR) is 60.9 cm³/mol. The molecule has 6 nitrogen and oxygen atoms in total. The molecule has 0 unspecified atom stereocenters. The van der Waals surface area contributed by atoms with E-state index >= 15 is 0 Å². The second kappa shape index (κ2) is 9.07. The molecule has 16 heavy (non-hydrogen) atoms. The highest BCUT2D eigenvalue weighted by molar-refractivity contribution is 5.85. The van der Waals surface area contributed by atoms with Crippen LogP contribution in [-0.2, 0) is 4.79 Å². The minimum absolute atomic E-state index is 0.898. The quantitative estimate of drug-likeness (QED) is 0.180. The van der Waals surface area contributed by atoms with Gasteiger partial charge >= 0.3 is 5.97 Å². The van der Waals surface area contributed by atoms with E-state index < -0.39 is 5.97 Å². The van der Waals surface area contributed by atoms with Gasteiger partial charge in [-0.05, 0) is 11.6 Å². The molecule has 0 saturated carbocycles. The van der Waals surface area contributed by atoms with Crippen LogP contribution in [0.2, 0.25) is 0 Å². The van der Waals surface area contributed by atoms with Gasteiger partial charge in [0.1, 0.15) is 0 Å². The molecule has 0 aliphatic carbocycles. The number of nitrogens with two attached hydrogens (primary N) is 1. The Kier molecular flexibility index (Phi) is 7.65. The van der Waals surface area contributed by atoms with Crippen LogP contribution in [0.4, 0.5) is 0 Å². The van der Waals surface area contributed by atoms with Crippen molar-refractivity contribution >= 4 is 18.4 Å². The van der Waals surface area contributed by atoms with Gasteiger partial charge in [0.15, 0.2) is 6.34 Å². The summed E-state index contributed by atoms with van der Waals surface area (Å²) in [6, 6.07) is 9.31. The zero-order chi connectivity index (χ0) is 12.2. The van der Waals surface area contributed by atoms with E-state index in [0.717, 1.165) is 18.0 Å². The molecule has 0 radical (unpaired) electrons. The minimum Gasteiger partial charge on any atom is -0.478 e. The maximum absolute atomic E-state index is 10.1. The third-order valence-electron chi connectivity index (χ3n) is 1.34. The fraction of sp³-hybridized carbons (Fsp3) is 0. The van der Waals surface area contributed by atoms with Gasteiger partial charge in [0, 0.05) is 6.08 Å². The first-order valence-corrected chi connectivity index (χ1v) is 4.25. The van der Waals surface area contributed by atoms with Crippen LogP contribution in [0.25, 0.3) is 6.08 Å². The molecule has 0 fully saturated rings. The van der Waals surface area contributed by atoms with E-state index in [0.29, 0.717) is 0 Å². The van der Waals surface area contributed by atoms with Crippen molar-refractivity contribution in [1.29, 1.82) is 5.53 Å². The van der Waals surface area contributed by atoms with Crippen LogP contribution in [-0.4, -0.2) is 17.4 Å². The van der Waals surface area contributed by atoms with Gasteiger partial charge in [0.05, 0.1) is 0 Å². The fourth-order valence-corrected chi connectivity index (χ4v) is 0.765. The number of carbonyl (C=O) groups is 1. The van der Waals surface area contributed by atoms with E-state index in [1.165, 1.54) is 0 Å². The van der Waals surface area contributed by atoms with Gasteiger partial charge in [0.25, 0.3) is 0 Å². The van der Waals surface area contributed by atoms with Gasteiger partial charge in [-0.1, -0.05) is 30.3 Å². The molecule has 0 saturated heterocycles. The number of aliphatic carboxylic acids is 1. The van der Waals surface area contributed by atoms with E-state index in [1.54, 1.807) is 6.08 Å². The van der Waals surface area contributed by atoms with Crippen LogP contribution in [0.5, 0.6) is 0 Å². The molecule has 0 amide bonds. The normalized spacial score (nSPS) is 9.75. The van der Waals surface area contributed by atoms with Crippen LogP contribution in [0.1, 0.15) is 5.56 Å². The van der Waals surface area contributed by atoms with E-state index in [1.807, 2.05) is 30.3 Å². The summed E-state index contributed by atoms with van der Waals surface area (Å²) in [7, 11) is 0. The summed E-state index contributed by atoms with van der Waals surface area (Å²) >= 11 is 0. The van der Waals surface area contributed by atoms with Crippen molar-refractivity contribution in [3.05, 3.63) is 42.0 Å². The standard InChI is InChI=1S/C9H8O2.CH4N4/c10-9(11)7-6-8-4-2-1-3-5-8;2-4-1-5-3/h1-7H,(H,10,11);1-2H,3H2. The number of nitrogens with zero attached hydrogens (tertiary/aromatic N) is 2. The third kappa shape index (κ3) is 8.11. The maximum Gasteiger partial charge on any atom is 0.328 e. The summed E-state index contributed by atoms with van der Waals surface area (Å²) in [6.45, 7) is 0. The molecule has 84 valence electrons. The number of hydrazone groups is 1. The average Bonchev–Trinajstić information content (AvgIpc) is 2.30. The molecule has 0 aromatic heterocycles. The Morgan fingerprint density at radius 2 is 2.00 bits per heavy atom. The van der Waals surface area contributed by atoms with Crippen molar-refractivity contribution in [2.24, 2.45) is 16.1 Å². The summed E-state index contributed by atoms with van der Waals surface area (Å²) in [5.74, 6) is 3.57. The van der Waals surface area contributed by atoms with Gasteiger partial charge in [0.2, 0.25) is 0 Å². The lowest BCUT2D eigenvalue weighted by Crippen LogP contribution is -1.85. The van der Waals surface area contributed by atoms with Crippen molar-refractivity contribution in [2.45, 2.75) is 0 Å². The first-order valence-electron chi connectivity index (χ1n) is 4.25. The van der Waals surface area contributed by atoms with Gasteiger partial charge in [-0.15, -0.1) is 5.11 Å². The van der Waals surface area contributed by atoms with Crippen molar-refractivity contribution in [3.8, 4) is 0 Å². The lowest BCUT2D eigenvalue weighted by atomic mass is 10.2. The van der Waals surface area contributed by atoms with Crippen molar-refractivity contribution in [1.82, 2.24) is 0 Å². The highest BCUT2D eigenvalue weighted by Crippen LogP contribution is 1.99. The second-order valence-corrected chi connectivity index (χ2v) is 2.48. The summed E-state index contributed by atoms with van der Waals surface area (Å²) in [5, 5.41) is 13.9. The molecular formula is C10H12N4O2. The first-order chi connectivity index (χ1) is 7.70. The Bertz CT molecular complexity index is 374. The molecule has 0 spiro atoms. The minimum atomic E-state index is -0.922. The topological polar surface area (TPSA) is 112 Å². The van der Waals surface area contributed by atoms with Crippen LogP contribution >= 0.6 is 0 Å². The zero-order valence-electron chi connectivity index (χ0n) is 8.45. The van der Waals surface area contributed by atoms with Crippen molar-refractivity contribution in [2.75, 3.05) is 0 Å². The molecule has 0 heterocycles. The molecule has 1 rings (SSSR count). The van der Waals surface area contributed by atoms with Gasteiger partial charge in [-0.3, -0.25) is 0 Å². The molecule has 0 atom stereocenters. The lowest BCUT2D eigenvalue weighted by Gasteiger charge is -1.87. The Hall–Kier alpha value is -2.50. The second-order valence-electron chi connectivity index (χ2n) is 2.48. The molecule has 1 aromatic rings. The van der Waals surface area contributed by atoms with Gasteiger partial charge in [-0.2, -0.15) is 5.10 Å². The number of carboxylic acid groups (broad SMARTS) is 1. The third-order valence-corrected chi connectivity index (χ3v) is 1.34. The van der Waals surface area contributed by atoms with Crippen molar-refractivity contribution < 1.29 is 9.90 Å². The Morgan fingerprint density at radius 1 is 1.38 bits per heavy atom. The molecule has 0 bridgehead atoms. The van der Waals surface area contributed by atoms with Crippen LogP contribution in [0.15, 0.2) is 46.6 Å². The van der Waals surface area contributed by atoms with E-state index in [4.69, 9.17) is 10.6 Å². The van der Waals surface area contributed by atoms with E-state index in [9.17, 15) is 4.79 Å². The molecule has 0 aliphatic rings. The highest BCUT2D eigenvalue weighted by atomic mass is 16.4. The molecule has 4 N–H and O–H groups in total. The number of nitrogens with one attached hydrogen (secondary N) is 1. The average molecular weight is 220 g/mol. The fourth-order valence-electron chi connectivity index (χ4n) is 0.765. The molecule has 0 aliphatic heterocycles. The van der Waals surface area contributed by atoms with Gasteiger partial charge in [-0.25, -0.2) is 10.3 Å². The number of rotatable bonds is 3. The smallest absolute Gasteiger partial charge is 0.328 e. The summed E-state index contributed by atoms with van der Waals surface area (Å²) in [5.41, 5.74) is 6.90. The molecule has 6 heteroatoms. The van der Waals surface area contributed by atoms with Crippen molar-refractivity contribution in [3.63, 3.8) is 0 Å². The summed E-state index contributed by atoms with van der Waals surface area (Å²) in [6.07, 6.45) is 3.62. The summed E-state index contributed by atoms with van der Waals surface area (Å²) < 4.78 is 0. The SMILES string of the molecule is N=NC=NN.O=C(O)C=Cc1ccccc1. The predicted octanol–water partition coefficient (Wildman–Crippen LogP) is 1.70. The number of benzene rings is 1. The largest absolute Gasteiger partial charge is 0.478 e. The number of carboxylic acids is 1. The lowest BCUT2D eigenvalue weighted by molar-refractivity contribution is -0.131. The summed E-state index contributed by atoms with van der Waals surface area (Å²) in [4.78, 5) is 10.1. The monoisotopic (exact) mass is 220 g/mol. The Balaban J connectivity index is 0.000000385.